The van der Waals surface area contributed by atoms with E-state index in [-0.39, 0.29) is 17.5 Å². The summed E-state index contributed by atoms with van der Waals surface area (Å²) >= 11 is 0. The smallest absolute Gasteiger partial charge is 0.157 e. The Hall–Kier alpha value is -3.56. The van der Waals surface area contributed by atoms with E-state index in [0.29, 0.717) is 0 Å². The van der Waals surface area contributed by atoms with Crippen LogP contribution in [-0.2, 0) is 12.8 Å². The van der Waals surface area contributed by atoms with Crippen molar-refractivity contribution < 1.29 is 10.2 Å². The van der Waals surface area contributed by atoms with E-state index in [9.17, 15) is 10.2 Å². The first kappa shape index (κ1) is 19.4. The maximum atomic E-state index is 9.96. The number of hydrogen-bond donors (Lipinski definition) is 3. The van der Waals surface area contributed by atoms with Gasteiger partial charge < -0.3 is 15.5 Å². The summed E-state index contributed by atoms with van der Waals surface area (Å²) < 4.78 is 0. The average Bonchev–Trinajstić information content (AvgIpc) is 2.81. The lowest BCUT2D eigenvalue weighted by molar-refractivity contribution is 0.398. The van der Waals surface area contributed by atoms with E-state index in [1.165, 1.54) is 27.8 Å². The highest BCUT2D eigenvalue weighted by Crippen LogP contribution is 2.36. The van der Waals surface area contributed by atoms with Gasteiger partial charge in [-0.3, -0.25) is 0 Å². The first-order valence-electron chi connectivity index (χ1n) is 10.7. The molecule has 0 aliphatic carbocycles. The predicted molar refractivity (Wildman–Crippen MR) is 125 cm³/mol. The molecule has 1 atom stereocenters. The Bertz CT molecular complexity index is 1200. The number of fused-ring (bicyclic) bond motifs is 1. The quantitative estimate of drug-likeness (QED) is 0.371. The van der Waals surface area contributed by atoms with Crippen molar-refractivity contribution in [1.29, 1.82) is 0 Å². The Kier molecular flexibility index (Phi) is 5.19. The number of phenolic OH excluding ortho intramolecular Hbond substituents is 2. The zero-order valence-corrected chi connectivity index (χ0v) is 17.3. The van der Waals surface area contributed by atoms with Gasteiger partial charge in [-0.1, -0.05) is 78.9 Å². The Morgan fingerprint density at radius 1 is 0.710 bits per heavy atom. The molecule has 3 N–H and O–H groups in total. The van der Waals surface area contributed by atoms with Crippen LogP contribution in [0.3, 0.4) is 0 Å². The number of rotatable bonds is 4. The number of nitrogens with one attached hydrogen (secondary N) is 1. The largest absolute Gasteiger partial charge is 0.504 e. The van der Waals surface area contributed by atoms with Crippen LogP contribution in [0.15, 0.2) is 91.0 Å². The molecule has 0 spiro atoms. The van der Waals surface area contributed by atoms with Crippen LogP contribution in [0.25, 0.3) is 22.3 Å². The molecule has 3 heteroatoms. The van der Waals surface area contributed by atoms with Crippen molar-refractivity contribution in [3.63, 3.8) is 0 Å². The SMILES string of the molecule is Oc1cc2c(cc1O)C(Cc1ccc(-c3ccccc3-c3ccccc3)cc1)NCC2. The molecule has 0 saturated heterocycles. The molecule has 0 amide bonds. The van der Waals surface area contributed by atoms with E-state index < -0.39 is 0 Å². The molecule has 0 aromatic heterocycles. The molecular weight excluding hydrogens is 382 g/mol. The van der Waals surface area contributed by atoms with Crippen LogP contribution in [0.5, 0.6) is 11.5 Å². The van der Waals surface area contributed by atoms with Gasteiger partial charge in [0.1, 0.15) is 0 Å². The van der Waals surface area contributed by atoms with Gasteiger partial charge in [0.15, 0.2) is 11.5 Å². The summed E-state index contributed by atoms with van der Waals surface area (Å²) in [6, 6.07) is 31.3. The van der Waals surface area contributed by atoms with Crippen molar-refractivity contribution in [2.24, 2.45) is 0 Å². The minimum Gasteiger partial charge on any atom is -0.504 e. The number of phenols is 2. The summed E-state index contributed by atoms with van der Waals surface area (Å²) in [4.78, 5) is 0. The lowest BCUT2D eigenvalue weighted by atomic mass is 9.89. The fourth-order valence-corrected chi connectivity index (χ4v) is 4.51. The van der Waals surface area contributed by atoms with E-state index in [1.54, 1.807) is 12.1 Å². The maximum Gasteiger partial charge on any atom is 0.157 e. The minimum absolute atomic E-state index is 0.0409. The Morgan fingerprint density at radius 2 is 1.32 bits per heavy atom. The summed E-state index contributed by atoms with van der Waals surface area (Å²) in [6.45, 7) is 0.865. The van der Waals surface area contributed by atoms with Crippen LogP contribution in [0.1, 0.15) is 22.7 Å². The third kappa shape index (κ3) is 3.92. The summed E-state index contributed by atoms with van der Waals surface area (Å²) in [7, 11) is 0. The standard InChI is InChI=1S/C28H25NO2/c30-27-17-22-14-15-29-26(25(22)18-28(27)31)16-19-10-12-21(13-11-19)24-9-5-4-8-23(24)20-6-2-1-3-7-20/h1-13,17-18,26,29-31H,14-16H2. The topological polar surface area (TPSA) is 52.5 Å². The van der Waals surface area contributed by atoms with Gasteiger partial charge in [-0.2, -0.15) is 0 Å². The van der Waals surface area contributed by atoms with E-state index in [2.05, 4.69) is 78.1 Å². The average molecular weight is 408 g/mol. The molecule has 1 unspecified atom stereocenters. The van der Waals surface area contributed by atoms with Gasteiger partial charge in [0.05, 0.1) is 0 Å². The van der Waals surface area contributed by atoms with Crippen molar-refractivity contribution >= 4 is 0 Å². The third-order valence-electron chi connectivity index (χ3n) is 6.11. The van der Waals surface area contributed by atoms with Gasteiger partial charge >= 0.3 is 0 Å². The zero-order chi connectivity index (χ0) is 21.2. The highest BCUT2D eigenvalue weighted by atomic mass is 16.3. The molecule has 0 radical (unpaired) electrons. The minimum atomic E-state index is -0.0553. The van der Waals surface area contributed by atoms with Gasteiger partial charge in [0, 0.05) is 6.04 Å². The van der Waals surface area contributed by atoms with Crippen molar-refractivity contribution in [3.05, 3.63) is 108 Å². The van der Waals surface area contributed by atoms with Crippen LogP contribution in [0.2, 0.25) is 0 Å². The molecule has 154 valence electrons. The second kappa shape index (κ2) is 8.29. The van der Waals surface area contributed by atoms with Crippen LogP contribution in [-0.4, -0.2) is 16.8 Å². The summed E-state index contributed by atoms with van der Waals surface area (Å²) in [5, 5.41) is 23.3. The van der Waals surface area contributed by atoms with Gasteiger partial charge in [0.25, 0.3) is 0 Å². The first-order valence-corrected chi connectivity index (χ1v) is 10.7. The number of hydrogen-bond acceptors (Lipinski definition) is 3. The summed E-state index contributed by atoms with van der Waals surface area (Å²) in [5.74, 6) is -0.0962. The van der Waals surface area contributed by atoms with Crippen molar-refractivity contribution in [2.45, 2.75) is 18.9 Å². The normalized spacial score (nSPS) is 15.4. The first-order chi connectivity index (χ1) is 15.2. The van der Waals surface area contributed by atoms with Crippen molar-refractivity contribution in [3.8, 4) is 33.8 Å². The van der Waals surface area contributed by atoms with Gasteiger partial charge in [0.2, 0.25) is 0 Å². The van der Waals surface area contributed by atoms with Crippen molar-refractivity contribution in [2.75, 3.05) is 6.54 Å². The maximum absolute atomic E-state index is 9.96. The van der Waals surface area contributed by atoms with Crippen molar-refractivity contribution in [1.82, 2.24) is 5.32 Å². The lowest BCUT2D eigenvalue weighted by Crippen LogP contribution is -2.31. The number of aromatic hydroxyl groups is 2. The van der Waals surface area contributed by atoms with Crippen LogP contribution in [0.4, 0.5) is 0 Å². The molecule has 5 rings (SSSR count). The highest BCUT2D eigenvalue weighted by molar-refractivity contribution is 5.83. The van der Waals surface area contributed by atoms with E-state index >= 15 is 0 Å². The second-order valence-corrected chi connectivity index (χ2v) is 8.11. The summed E-state index contributed by atoms with van der Waals surface area (Å²) in [6.07, 6.45) is 1.69. The fourth-order valence-electron chi connectivity index (χ4n) is 4.51. The Labute approximate surface area is 182 Å². The molecule has 0 bridgehead atoms. The van der Waals surface area contributed by atoms with E-state index in [1.807, 2.05) is 6.07 Å². The van der Waals surface area contributed by atoms with Gasteiger partial charge in [-0.15, -0.1) is 0 Å². The highest BCUT2D eigenvalue weighted by Gasteiger charge is 2.22. The molecule has 3 nitrogen and oxygen atoms in total. The molecule has 4 aromatic carbocycles. The third-order valence-corrected chi connectivity index (χ3v) is 6.11. The van der Waals surface area contributed by atoms with E-state index in [0.717, 1.165) is 30.5 Å². The molecule has 4 aromatic rings. The number of benzene rings is 4. The van der Waals surface area contributed by atoms with Gasteiger partial charge in [-0.25, -0.2) is 0 Å². The zero-order valence-electron chi connectivity index (χ0n) is 17.3. The molecule has 1 aliphatic heterocycles. The molecule has 0 saturated carbocycles. The molecule has 1 heterocycles. The summed E-state index contributed by atoms with van der Waals surface area (Å²) in [5.41, 5.74) is 8.28. The molecule has 1 aliphatic rings. The van der Waals surface area contributed by atoms with Crippen LogP contribution in [0, 0.1) is 0 Å². The Morgan fingerprint density at radius 3 is 2.03 bits per heavy atom. The fraction of sp³-hybridized carbons (Fsp3) is 0.143. The predicted octanol–water partition coefficient (Wildman–Crippen LogP) is 5.86. The molecule has 31 heavy (non-hydrogen) atoms. The van der Waals surface area contributed by atoms with Gasteiger partial charge in [-0.05, 0) is 70.5 Å². The second-order valence-electron chi connectivity index (χ2n) is 8.11. The van der Waals surface area contributed by atoms with Crippen LogP contribution >= 0.6 is 0 Å². The molecular formula is C28H25NO2. The molecule has 0 fully saturated rings. The Balaban J connectivity index is 1.41. The lowest BCUT2D eigenvalue weighted by Gasteiger charge is -2.27. The van der Waals surface area contributed by atoms with E-state index in [4.69, 9.17) is 0 Å². The monoisotopic (exact) mass is 407 g/mol. The van der Waals surface area contributed by atoms with Crippen LogP contribution < -0.4 is 5.32 Å².